The highest BCUT2D eigenvalue weighted by Crippen LogP contribution is 2.23. The summed E-state index contributed by atoms with van der Waals surface area (Å²) in [6.07, 6.45) is 8.94. The number of nitrogens with zero attached hydrogens (tertiary/aromatic N) is 3. The van der Waals surface area contributed by atoms with E-state index in [1.165, 1.54) is 12.8 Å². The summed E-state index contributed by atoms with van der Waals surface area (Å²) in [6.45, 7) is 8.34. The van der Waals surface area contributed by atoms with Crippen LogP contribution in [0.1, 0.15) is 58.3 Å². The molecule has 25 heavy (non-hydrogen) atoms. The van der Waals surface area contributed by atoms with Crippen molar-refractivity contribution in [2.45, 2.75) is 58.3 Å². The van der Waals surface area contributed by atoms with Crippen LogP contribution in [0.2, 0.25) is 0 Å². The summed E-state index contributed by atoms with van der Waals surface area (Å²) >= 11 is 0. The van der Waals surface area contributed by atoms with Crippen LogP contribution in [-0.2, 0) is 9.59 Å². The highest BCUT2D eigenvalue weighted by Gasteiger charge is 2.31. The molecule has 5 heteroatoms. The van der Waals surface area contributed by atoms with Gasteiger partial charge >= 0.3 is 0 Å². The van der Waals surface area contributed by atoms with Crippen LogP contribution in [-0.4, -0.2) is 72.3 Å². The Bertz CT molecular complexity index is 444. The molecule has 3 fully saturated rings. The molecule has 0 atom stereocenters. The van der Waals surface area contributed by atoms with Crippen molar-refractivity contribution in [1.82, 2.24) is 14.7 Å². The SMILES string of the molecule is CC1CCN(C(=O)C2CCN(CC(=O)N3CCCCCC3)CC2)CC1. The van der Waals surface area contributed by atoms with E-state index in [0.717, 1.165) is 83.7 Å². The average Bonchev–Trinajstić information content (AvgIpc) is 2.92. The number of rotatable bonds is 3. The molecule has 3 aliphatic rings. The molecule has 0 saturated carbocycles. The van der Waals surface area contributed by atoms with E-state index in [2.05, 4.69) is 21.6 Å². The van der Waals surface area contributed by atoms with E-state index in [1.54, 1.807) is 0 Å². The number of carbonyl (C=O) groups is 2. The van der Waals surface area contributed by atoms with Crippen LogP contribution in [0, 0.1) is 11.8 Å². The molecule has 0 aromatic carbocycles. The Kier molecular flexibility index (Phi) is 6.74. The normalized spacial score (nSPS) is 25.0. The van der Waals surface area contributed by atoms with Gasteiger partial charge < -0.3 is 9.80 Å². The van der Waals surface area contributed by atoms with Crippen LogP contribution in [0.15, 0.2) is 0 Å². The maximum absolute atomic E-state index is 12.7. The van der Waals surface area contributed by atoms with Gasteiger partial charge in [0.25, 0.3) is 0 Å². The average molecular weight is 350 g/mol. The van der Waals surface area contributed by atoms with Crippen molar-refractivity contribution in [1.29, 1.82) is 0 Å². The van der Waals surface area contributed by atoms with E-state index in [0.29, 0.717) is 12.5 Å². The van der Waals surface area contributed by atoms with Crippen LogP contribution in [0.4, 0.5) is 0 Å². The predicted molar refractivity (Wildman–Crippen MR) is 99.2 cm³/mol. The highest BCUT2D eigenvalue weighted by atomic mass is 16.2. The summed E-state index contributed by atoms with van der Waals surface area (Å²) in [5, 5.41) is 0. The van der Waals surface area contributed by atoms with E-state index in [1.807, 2.05) is 0 Å². The van der Waals surface area contributed by atoms with E-state index in [9.17, 15) is 9.59 Å². The molecule has 0 N–H and O–H groups in total. The van der Waals surface area contributed by atoms with Crippen LogP contribution < -0.4 is 0 Å². The summed E-state index contributed by atoms with van der Waals surface area (Å²) in [5.41, 5.74) is 0. The van der Waals surface area contributed by atoms with Gasteiger partial charge in [0.1, 0.15) is 0 Å². The van der Waals surface area contributed by atoms with Gasteiger partial charge in [-0.1, -0.05) is 19.8 Å². The summed E-state index contributed by atoms with van der Waals surface area (Å²) in [7, 11) is 0. The van der Waals surface area contributed by atoms with Gasteiger partial charge in [-0.15, -0.1) is 0 Å². The number of hydrogen-bond acceptors (Lipinski definition) is 3. The van der Waals surface area contributed by atoms with E-state index in [4.69, 9.17) is 0 Å². The maximum Gasteiger partial charge on any atom is 0.236 e. The first-order valence-electron chi connectivity index (χ1n) is 10.4. The molecule has 3 heterocycles. The molecule has 0 spiro atoms. The molecule has 0 aromatic rings. The van der Waals surface area contributed by atoms with Crippen molar-refractivity contribution in [2.24, 2.45) is 11.8 Å². The molecule has 0 aromatic heterocycles. The molecular weight excluding hydrogens is 314 g/mol. The van der Waals surface area contributed by atoms with Crippen molar-refractivity contribution < 1.29 is 9.59 Å². The first kappa shape index (κ1) is 18.7. The van der Waals surface area contributed by atoms with Gasteiger partial charge in [-0.2, -0.15) is 0 Å². The largest absolute Gasteiger partial charge is 0.342 e. The van der Waals surface area contributed by atoms with Gasteiger partial charge in [-0.05, 0) is 57.5 Å². The fourth-order valence-corrected chi connectivity index (χ4v) is 4.44. The smallest absolute Gasteiger partial charge is 0.236 e. The molecule has 0 unspecified atom stereocenters. The second-order valence-corrected chi connectivity index (χ2v) is 8.35. The minimum absolute atomic E-state index is 0.179. The molecule has 5 nitrogen and oxygen atoms in total. The minimum Gasteiger partial charge on any atom is -0.342 e. The fraction of sp³-hybridized carbons (Fsp3) is 0.900. The Morgan fingerprint density at radius 2 is 1.36 bits per heavy atom. The zero-order valence-corrected chi connectivity index (χ0v) is 15.9. The number of piperidine rings is 2. The van der Waals surface area contributed by atoms with Gasteiger partial charge in [-0.25, -0.2) is 0 Å². The molecule has 3 aliphatic heterocycles. The lowest BCUT2D eigenvalue weighted by Crippen LogP contribution is -2.47. The van der Waals surface area contributed by atoms with Gasteiger partial charge in [-0.3, -0.25) is 14.5 Å². The molecule has 0 bridgehead atoms. The number of carbonyl (C=O) groups excluding carboxylic acids is 2. The molecule has 142 valence electrons. The molecule has 3 saturated heterocycles. The van der Waals surface area contributed by atoms with Crippen molar-refractivity contribution in [3.63, 3.8) is 0 Å². The predicted octanol–water partition coefficient (Wildman–Crippen LogP) is 2.36. The lowest BCUT2D eigenvalue weighted by atomic mass is 9.92. The number of amides is 2. The third-order valence-electron chi connectivity index (χ3n) is 6.35. The Morgan fingerprint density at radius 3 is 1.96 bits per heavy atom. The minimum atomic E-state index is 0.179. The molecular formula is C20H35N3O2. The van der Waals surface area contributed by atoms with Crippen LogP contribution >= 0.6 is 0 Å². The summed E-state index contributed by atoms with van der Waals surface area (Å²) < 4.78 is 0. The van der Waals surface area contributed by atoms with Gasteiger partial charge in [0.05, 0.1) is 6.54 Å². The van der Waals surface area contributed by atoms with E-state index >= 15 is 0 Å². The third-order valence-corrected chi connectivity index (χ3v) is 6.35. The van der Waals surface area contributed by atoms with Crippen molar-refractivity contribution >= 4 is 11.8 Å². The van der Waals surface area contributed by atoms with Crippen LogP contribution in [0.3, 0.4) is 0 Å². The fourth-order valence-electron chi connectivity index (χ4n) is 4.44. The third kappa shape index (κ3) is 5.19. The monoisotopic (exact) mass is 349 g/mol. The Hall–Kier alpha value is -1.10. The van der Waals surface area contributed by atoms with Crippen LogP contribution in [0.5, 0.6) is 0 Å². The first-order chi connectivity index (χ1) is 12.1. The van der Waals surface area contributed by atoms with Crippen molar-refractivity contribution in [3.05, 3.63) is 0 Å². The maximum atomic E-state index is 12.7. The summed E-state index contributed by atoms with van der Waals surface area (Å²) in [4.78, 5) is 31.6. The van der Waals surface area contributed by atoms with Crippen molar-refractivity contribution in [3.8, 4) is 0 Å². The van der Waals surface area contributed by atoms with Gasteiger partial charge in [0, 0.05) is 32.1 Å². The Balaban J connectivity index is 1.40. The molecule has 3 rings (SSSR count). The zero-order valence-electron chi connectivity index (χ0n) is 15.9. The lowest BCUT2D eigenvalue weighted by molar-refractivity contribution is -0.138. The quantitative estimate of drug-likeness (QED) is 0.786. The lowest BCUT2D eigenvalue weighted by Gasteiger charge is -2.37. The second kappa shape index (κ2) is 9.02. The van der Waals surface area contributed by atoms with Crippen molar-refractivity contribution in [2.75, 3.05) is 45.8 Å². The van der Waals surface area contributed by atoms with E-state index in [-0.39, 0.29) is 11.8 Å². The Labute approximate surface area is 152 Å². The summed E-state index contributed by atoms with van der Waals surface area (Å²) in [5.74, 6) is 1.59. The molecule has 0 aliphatic carbocycles. The Morgan fingerprint density at radius 1 is 0.760 bits per heavy atom. The molecule has 0 radical (unpaired) electrons. The van der Waals surface area contributed by atoms with Crippen LogP contribution in [0.25, 0.3) is 0 Å². The zero-order chi connectivity index (χ0) is 17.6. The number of hydrogen-bond donors (Lipinski definition) is 0. The second-order valence-electron chi connectivity index (χ2n) is 8.35. The van der Waals surface area contributed by atoms with E-state index < -0.39 is 0 Å². The molecule has 2 amide bonds. The first-order valence-corrected chi connectivity index (χ1v) is 10.4. The van der Waals surface area contributed by atoms with Gasteiger partial charge in [0.2, 0.25) is 11.8 Å². The standard InChI is InChI=1S/C20H35N3O2/c1-17-6-14-23(15-7-17)20(25)18-8-12-21(13-9-18)16-19(24)22-10-4-2-3-5-11-22/h17-18H,2-16H2,1H3. The summed E-state index contributed by atoms with van der Waals surface area (Å²) in [6, 6.07) is 0. The number of likely N-dealkylation sites (tertiary alicyclic amines) is 3. The highest BCUT2D eigenvalue weighted by molar-refractivity contribution is 5.79. The van der Waals surface area contributed by atoms with Gasteiger partial charge in [0.15, 0.2) is 0 Å². The topological polar surface area (TPSA) is 43.9 Å².